The van der Waals surface area contributed by atoms with E-state index in [1.807, 2.05) is 6.08 Å². The Kier molecular flexibility index (Phi) is 9.71. The second kappa shape index (κ2) is 12.0. The van der Waals surface area contributed by atoms with E-state index in [1.54, 1.807) is 0 Å². The summed E-state index contributed by atoms with van der Waals surface area (Å²) in [5.41, 5.74) is 7.69. The number of rotatable bonds is 13. The Morgan fingerprint density at radius 1 is 1.14 bits per heavy atom. The van der Waals surface area contributed by atoms with E-state index in [0.29, 0.717) is 5.92 Å². The highest BCUT2D eigenvalue weighted by atomic mass is 15.1. The Labute approximate surface area is 179 Å². The first kappa shape index (κ1) is 23.5. The predicted molar refractivity (Wildman–Crippen MR) is 129 cm³/mol. The van der Waals surface area contributed by atoms with Crippen LogP contribution in [0.2, 0.25) is 0 Å². The van der Waals surface area contributed by atoms with Gasteiger partial charge in [0.2, 0.25) is 0 Å². The Morgan fingerprint density at radius 2 is 1.83 bits per heavy atom. The van der Waals surface area contributed by atoms with Crippen molar-refractivity contribution >= 4 is 0 Å². The minimum absolute atomic E-state index is 0.193. The number of allylic oxidation sites excluding steroid dienone is 2. The summed E-state index contributed by atoms with van der Waals surface area (Å²) in [5.74, 6) is 0.405. The topological polar surface area (TPSA) is 3.24 Å². The number of hydrogen-bond donors (Lipinski definition) is 0. The molecule has 1 aliphatic rings. The average molecular weight is 392 g/mol. The van der Waals surface area contributed by atoms with Crippen LogP contribution in [-0.4, -0.2) is 24.5 Å². The molecule has 0 N–H and O–H groups in total. The zero-order valence-corrected chi connectivity index (χ0v) is 18.9. The van der Waals surface area contributed by atoms with E-state index in [9.17, 15) is 0 Å². The Bertz CT molecular complexity index is 684. The fourth-order valence-corrected chi connectivity index (χ4v) is 4.87. The third-order valence-corrected chi connectivity index (χ3v) is 6.77. The van der Waals surface area contributed by atoms with E-state index in [2.05, 4.69) is 74.6 Å². The molecule has 1 aromatic carbocycles. The molecule has 0 radical (unpaired) electrons. The highest BCUT2D eigenvalue weighted by molar-refractivity contribution is 5.37. The predicted octanol–water partition coefficient (Wildman–Crippen LogP) is 7.57. The summed E-state index contributed by atoms with van der Waals surface area (Å²) < 4.78 is 0. The second-order valence-electron chi connectivity index (χ2n) is 8.49. The molecule has 29 heavy (non-hydrogen) atoms. The van der Waals surface area contributed by atoms with E-state index >= 15 is 0 Å². The van der Waals surface area contributed by atoms with Crippen LogP contribution in [0.1, 0.15) is 82.3 Å². The molecule has 0 bridgehead atoms. The molecule has 1 heteroatoms. The maximum absolute atomic E-state index is 4.16. The van der Waals surface area contributed by atoms with E-state index < -0.39 is 0 Å². The third-order valence-electron chi connectivity index (χ3n) is 6.77. The quantitative estimate of drug-likeness (QED) is 0.247. The van der Waals surface area contributed by atoms with Crippen molar-refractivity contribution in [3.8, 4) is 0 Å². The van der Waals surface area contributed by atoms with Gasteiger partial charge >= 0.3 is 0 Å². The normalized spacial score (nSPS) is 16.4. The van der Waals surface area contributed by atoms with Gasteiger partial charge in [-0.05, 0) is 61.9 Å². The van der Waals surface area contributed by atoms with Crippen LogP contribution < -0.4 is 0 Å². The van der Waals surface area contributed by atoms with Crippen LogP contribution >= 0.6 is 0 Å². The standard InChI is InChI=1S/C28H41N/c1-6-11-22-29(10-5)23-19-27(24(8-3)14-7-2)25-15-17-26(18-16-25)28(9-4)20-12-13-21-28/h6,9,15-18,27H,1,3-4,7,10-14,19-23H2,2,5H3. The van der Waals surface area contributed by atoms with E-state index in [-0.39, 0.29) is 5.41 Å². The summed E-state index contributed by atoms with van der Waals surface area (Å²) in [7, 11) is 0. The van der Waals surface area contributed by atoms with Gasteiger partial charge < -0.3 is 4.90 Å². The lowest BCUT2D eigenvalue weighted by Gasteiger charge is -2.28. The van der Waals surface area contributed by atoms with Gasteiger partial charge in [0, 0.05) is 17.9 Å². The van der Waals surface area contributed by atoms with Crippen molar-refractivity contribution in [3.63, 3.8) is 0 Å². The summed E-state index contributed by atoms with van der Waals surface area (Å²) >= 11 is 0. The van der Waals surface area contributed by atoms with Gasteiger partial charge in [-0.2, -0.15) is 0 Å². The fraction of sp³-hybridized carbons (Fsp3) is 0.536. The molecule has 0 spiro atoms. The SMILES string of the molecule is C=C=C(CCC)C(CCN(CC)CCC=C)c1ccc(C2(C=C)CCCC2)cc1. The van der Waals surface area contributed by atoms with Crippen LogP contribution in [0.15, 0.2) is 67.5 Å². The van der Waals surface area contributed by atoms with Crippen LogP contribution in [-0.2, 0) is 5.41 Å². The van der Waals surface area contributed by atoms with Crippen molar-refractivity contribution in [1.29, 1.82) is 0 Å². The molecule has 0 amide bonds. The first-order chi connectivity index (χ1) is 14.1. The van der Waals surface area contributed by atoms with Crippen molar-refractivity contribution in [1.82, 2.24) is 4.90 Å². The number of benzene rings is 1. The molecule has 158 valence electrons. The molecule has 1 aliphatic carbocycles. The van der Waals surface area contributed by atoms with Gasteiger partial charge in [0.05, 0.1) is 0 Å². The lowest BCUT2D eigenvalue weighted by Crippen LogP contribution is -2.27. The van der Waals surface area contributed by atoms with E-state index in [1.165, 1.54) is 42.4 Å². The minimum atomic E-state index is 0.193. The summed E-state index contributed by atoms with van der Waals surface area (Å²) in [5, 5.41) is 0. The maximum atomic E-state index is 4.16. The average Bonchev–Trinajstić information content (AvgIpc) is 3.26. The lowest BCUT2D eigenvalue weighted by atomic mass is 9.77. The largest absolute Gasteiger partial charge is 0.303 e. The Morgan fingerprint density at radius 3 is 2.34 bits per heavy atom. The van der Waals surface area contributed by atoms with Gasteiger partial charge in [-0.15, -0.1) is 18.9 Å². The molecule has 1 aromatic rings. The highest BCUT2D eigenvalue weighted by Crippen LogP contribution is 2.42. The second-order valence-corrected chi connectivity index (χ2v) is 8.49. The van der Waals surface area contributed by atoms with Crippen LogP contribution in [0.5, 0.6) is 0 Å². The van der Waals surface area contributed by atoms with Crippen LogP contribution in [0.3, 0.4) is 0 Å². The fourth-order valence-electron chi connectivity index (χ4n) is 4.87. The van der Waals surface area contributed by atoms with Gasteiger partial charge in [0.15, 0.2) is 0 Å². The molecule has 2 rings (SSSR count). The third kappa shape index (κ3) is 6.08. The molecule has 1 saturated carbocycles. The first-order valence-electron chi connectivity index (χ1n) is 11.6. The van der Waals surface area contributed by atoms with E-state index in [0.717, 1.165) is 45.3 Å². The van der Waals surface area contributed by atoms with Gasteiger partial charge in [0.1, 0.15) is 0 Å². The van der Waals surface area contributed by atoms with Gasteiger partial charge in [0.25, 0.3) is 0 Å². The van der Waals surface area contributed by atoms with Gasteiger partial charge in [-0.3, -0.25) is 0 Å². The van der Waals surface area contributed by atoms with Crippen molar-refractivity contribution in [2.24, 2.45) is 0 Å². The summed E-state index contributed by atoms with van der Waals surface area (Å²) in [6.45, 7) is 19.8. The smallest absolute Gasteiger partial charge is 0.0136 e. The highest BCUT2D eigenvalue weighted by Gasteiger charge is 2.32. The number of hydrogen-bond acceptors (Lipinski definition) is 1. The zero-order valence-electron chi connectivity index (χ0n) is 18.9. The lowest BCUT2D eigenvalue weighted by molar-refractivity contribution is 0.284. The van der Waals surface area contributed by atoms with Crippen molar-refractivity contribution < 1.29 is 0 Å². The van der Waals surface area contributed by atoms with E-state index in [4.69, 9.17) is 0 Å². The summed E-state index contributed by atoms with van der Waals surface area (Å²) in [6, 6.07) is 9.43. The maximum Gasteiger partial charge on any atom is 0.0136 e. The molecule has 0 aliphatic heterocycles. The zero-order chi connectivity index (χ0) is 21.1. The van der Waals surface area contributed by atoms with Gasteiger partial charge in [-0.1, -0.05) is 76.1 Å². The van der Waals surface area contributed by atoms with Crippen LogP contribution in [0.4, 0.5) is 0 Å². The first-order valence-corrected chi connectivity index (χ1v) is 11.6. The Balaban J connectivity index is 2.22. The van der Waals surface area contributed by atoms with Crippen molar-refractivity contribution in [2.75, 3.05) is 19.6 Å². The monoisotopic (exact) mass is 391 g/mol. The van der Waals surface area contributed by atoms with Crippen molar-refractivity contribution in [2.45, 2.75) is 76.5 Å². The Hall–Kier alpha value is -1.82. The molecule has 0 saturated heterocycles. The summed E-state index contributed by atoms with van der Waals surface area (Å²) in [6.07, 6.45) is 13.7. The van der Waals surface area contributed by atoms with Crippen molar-refractivity contribution in [3.05, 3.63) is 78.6 Å². The van der Waals surface area contributed by atoms with Gasteiger partial charge in [-0.25, -0.2) is 0 Å². The molecule has 0 aromatic heterocycles. The molecule has 1 atom stereocenters. The minimum Gasteiger partial charge on any atom is -0.303 e. The summed E-state index contributed by atoms with van der Waals surface area (Å²) in [4.78, 5) is 2.53. The van der Waals surface area contributed by atoms with Crippen LogP contribution in [0.25, 0.3) is 0 Å². The molecule has 1 nitrogen and oxygen atoms in total. The molecular formula is C28H41N. The van der Waals surface area contributed by atoms with Crippen LogP contribution in [0, 0.1) is 0 Å². The molecule has 1 unspecified atom stereocenters. The molecule has 1 fully saturated rings. The number of nitrogens with zero attached hydrogens (tertiary/aromatic N) is 1. The molecular weight excluding hydrogens is 350 g/mol. The molecule has 0 heterocycles.